The summed E-state index contributed by atoms with van der Waals surface area (Å²) in [5, 5.41) is 0. The highest BCUT2D eigenvalue weighted by Gasteiger charge is 2.30. The van der Waals surface area contributed by atoms with Gasteiger partial charge in [0.2, 0.25) is 0 Å². The molecular formula is C15H20BrNO4. The van der Waals surface area contributed by atoms with Crippen molar-refractivity contribution in [2.24, 2.45) is 11.7 Å². The smallest absolute Gasteiger partial charge is 0.405 e. The summed E-state index contributed by atoms with van der Waals surface area (Å²) in [6, 6.07) is 5.13. The molecule has 116 valence electrons. The molecule has 0 heterocycles. The van der Waals surface area contributed by atoms with E-state index in [0.717, 1.165) is 10.8 Å². The zero-order chi connectivity index (χ0) is 16.0. The fourth-order valence-electron chi connectivity index (χ4n) is 2.21. The number of ether oxygens (including phenoxy) is 2. The Morgan fingerprint density at radius 1 is 1.48 bits per heavy atom. The number of amides is 1. The van der Waals surface area contributed by atoms with Gasteiger partial charge in [-0.15, -0.1) is 0 Å². The van der Waals surface area contributed by atoms with Crippen molar-refractivity contribution in [1.82, 2.24) is 0 Å². The van der Waals surface area contributed by atoms with E-state index < -0.39 is 11.7 Å². The molecule has 0 aliphatic carbocycles. The molecule has 1 amide bonds. The minimum atomic E-state index is -0.840. The van der Waals surface area contributed by atoms with E-state index in [-0.39, 0.29) is 6.61 Å². The van der Waals surface area contributed by atoms with E-state index in [1.54, 1.807) is 25.1 Å². The van der Waals surface area contributed by atoms with Crippen LogP contribution in [0.2, 0.25) is 0 Å². The quantitative estimate of drug-likeness (QED) is 0.756. The van der Waals surface area contributed by atoms with E-state index in [1.165, 1.54) is 0 Å². The van der Waals surface area contributed by atoms with Gasteiger partial charge in [-0.05, 0) is 37.5 Å². The number of benzene rings is 1. The molecule has 0 aliphatic heterocycles. The van der Waals surface area contributed by atoms with E-state index in [0.29, 0.717) is 23.7 Å². The van der Waals surface area contributed by atoms with Gasteiger partial charge in [-0.3, -0.25) is 4.79 Å². The Bertz CT molecular complexity index is 518. The fourth-order valence-corrected chi connectivity index (χ4v) is 2.59. The third kappa shape index (κ3) is 5.75. The first kappa shape index (κ1) is 17.5. The van der Waals surface area contributed by atoms with E-state index in [2.05, 4.69) is 15.9 Å². The first-order valence-electron chi connectivity index (χ1n) is 6.62. The van der Waals surface area contributed by atoms with Gasteiger partial charge in [0, 0.05) is 4.47 Å². The third-order valence-electron chi connectivity index (χ3n) is 2.82. The maximum absolute atomic E-state index is 11.1. The van der Waals surface area contributed by atoms with Gasteiger partial charge in [0.25, 0.3) is 0 Å². The lowest BCUT2D eigenvalue weighted by Gasteiger charge is -2.30. The Morgan fingerprint density at radius 3 is 2.67 bits per heavy atom. The normalized spacial score (nSPS) is 13.6. The lowest BCUT2D eigenvalue weighted by molar-refractivity contribution is -0.0187. The van der Waals surface area contributed by atoms with Crippen LogP contribution in [-0.2, 0) is 4.74 Å². The van der Waals surface area contributed by atoms with Crippen molar-refractivity contribution in [2.45, 2.75) is 32.8 Å². The van der Waals surface area contributed by atoms with E-state index >= 15 is 0 Å². The summed E-state index contributed by atoms with van der Waals surface area (Å²) in [4.78, 5) is 22.1. The minimum Gasteiger partial charge on any atom is -0.489 e. The van der Waals surface area contributed by atoms with E-state index in [9.17, 15) is 9.59 Å². The topological polar surface area (TPSA) is 78.6 Å². The highest BCUT2D eigenvalue weighted by atomic mass is 79.9. The second-order valence-corrected chi connectivity index (χ2v) is 6.47. The number of rotatable bonds is 7. The van der Waals surface area contributed by atoms with Gasteiger partial charge in [0.05, 0.1) is 5.56 Å². The molecule has 0 unspecified atom stereocenters. The van der Waals surface area contributed by atoms with Crippen molar-refractivity contribution in [3.8, 4) is 5.75 Å². The zero-order valence-electron chi connectivity index (χ0n) is 12.4. The number of halogens is 1. The van der Waals surface area contributed by atoms with Crippen LogP contribution < -0.4 is 10.5 Å². The Morgan fingerprint density at radius 2 is 2.14 bits per heavy atom. The lowest BCUT2D eigenvalue weighted by atomic mass is 9.95. The standard InChI is InChI=1S/C15H20BrNO4/c1-10(2)7-15(3,21-14(17)19)9-20-13-5-4-12(16)6-11(13)8-18/h4-6,8,10H,7,9H2,1-3H3,(H2,17,19)/t15-/m0/s1. The van der Waals surface area contributed by atoms with Crippen molar-refractivity contribution in [1.29, 1.82) is 0 Å². The average molecular weight is 358 g/mol. The molecule has 0 fully saturated rings. The van der Waals surface area contributed by atoms with Crippen molar-refractivity contribution in [3.05, 3.63) is 28.2 Å². The number of carbonyl (C=O) groups excluding carboxylic acids is 2. The predicted octanol–water partition coefficient (Wildman–Crippen LogP) is 3.54. The number of nitrogens with two attached hydrogens (primary N) is 1. The van der Waals surface area contributed by atoms with Crippen LogP contribution in [0.5, 0.6) is 5.75 Å². The van der Waals surface area contributed by atoms with E-state index in [4.69, 9.17) is 15.2 Å². The molecule has 1 rings (SSSR count). The average Bonchev–Trinajstić information content (AvgIpc) is 2.35. The van der Waals surface area contributed by atoms with Gasteiger partial charge < -0.3 is 15.2 Å². The van der Waals surface area contributed by atoms with Gasteiger partial charge in [-0.2, -0.15) is 0 Å². The molecule has 6 heteroatoms. The molecule has 21 heavy (non-hydrogen) atoms. The number of aldehydes is 1. The summed E-state index contributed by atoms with van der Waals surface area (Å²) < 4.78 is 11.6. The molecule has 0 saturated heterocycles. The largest absolute Gasteiger partial charge is 0.489 e. The summed E-state index contributed by atoms with van der Waals surface area (Å²) in [5.41, 5.74) is 4.71. The van der Waals surface area contributed by atoms with Crippen LogP contribution in [0.3, 0.4) is 0 Å². The van der Waals surface area contributed by atoms with Crippen LogP contribution in [0, 0.1) is 5.92 Å². The lowest BCUT2D eigenvalue weighted by Crippen LogP contribution is -2.41. The molecule has 0 bridgehead atoms. The first-order valence-corrected chi connectivity index (χ1v) is 7.41. The van der Waals surface area contributed by atoms with Crippen LogP contribution in [0.15, 0.2) is 22.7 Å². The maximum Gasteiger partial charge on any atom is 0.405 e. The highest BCUT2D eigenvalue weighted by Crippen LogP contribution is 2.26. The molecule has 1 aromatic carbocycles. The summed E-state index contributed by atoms with van der Waals surface area (Å²) in [6.45, 7) is 5.91. The van der Waals surface area contributed by atoms with Crippen LogP contribution in [0.1, 0.15) is 37.6 Å². The van der Waals surface area contributed by atoms with Crippen molar-refractivity contribution >= 4 is 28.3 Å². The van der Waals surface area contributed by atoms with Crippen molar-refractivity contribution in [2.75, 3.05) is 6.61 Å². The molecule has 1 aromatic rings. The molecule has 2 N–H and O–H groups in total. The summed E-state index contributed by atoms with van der Waals surface area (Å²) >= 11 is 3.29. The van der Waals surface area contributed by atoms with Gasteiger partial charge in [0.1, 0.15) is 18.0 Å². The second kappa shape index (κ2) is 7.45. The van der Waals surface area contributed by atoms with Crippen LogP contribution >= 0.6 is 15.9 Å². The Hall–Kier alpha value is -1.56. The predicted molar refractivity (Wildman–Crippen MR) is 83.6 cm³/mol. The first-order chi connectivity index (χ1) is 9.75. The van der Waals surface area contributed by atoms with Crippen molar-refractivity contribution < 1.29 is 19.1 Å². The molecule has 5 nitrogen and oxygen atoms in total. The number of hydrogen-bond acceptors (Lipinski definition) is 4. The Balaban J connectivity index is 2.86. The maximum atomic E-state index is 11.1. The van der Waals surface area contributed by atoms with Crippen LogP contribution in [0.4, 0.5) is 4.79 Å². The summed E-state index contributed by atoms with van der Waals surface area (Å²) in [5.74, 6) is 0.740. The van der Waals surface area contributed by atoms with E-state index in [1.807, 2.05) is 13.8 Å². The monoisotopic (exact) mass is 357 g/mol. The summed E-state index contributed by atoms with van der Waals surface area (Å²) in [7, 11) is 0. The molecule has 0 saturated carbocycles. The Labute approximate surface area is 132 Å². The SMILES string of the molecule is CC(C)C[C@@](C)(COc1ccc(Br)cc1C=O)OC(N)=O. The minimum absolute atomic E-state index is 0.122. The van der Waals surface area contributed by atoms with Crippen LogP contribution in [-0.4, -0.2) is 24.6 Å². The molecule has 0 aromatic heterocycles. The molecule has 0 radical (unpaired) electrons. The van der Waals surface area contributed by atoms with Gasteiger partial charge >= 0.3 is 6.09 Å². The fraction of sp³-hybridized carbons (Fsp3) is 0.467. The number of hydrogen-bond donors (Lipinski definition) is 1. The van der Waals surface area contributed by atoms with Gasteiger partial charge in [-0.25, -0.2) is 4.79 Å². The molecular weight excluding hydrogens is 338 g/mol. The second-order valence-electron chi connectivity index (χ2n) is 5.56. The van der Waals surface area contributed by atoms with Crippen molar-refractivity contribution in [3.63, 3.8) is 0 Å². The highest BCUT2D eigenvalue weighted by molar-refractivity contribution is 9.10. The molecule has 0 spiro atoms. The van der Waals surface area contributed by atoms with Gasteiger partial charge in [0.15, 0.2) is 6.29 Å². The Kier molecular flexibility index (Phi) is 6.20. The van der Waals surface area contributed by atoms with Gasteiger partial charge in [-0.1, -0.05) is 29.8 Å². The zero-order valence-corrected chi connectivity index (χ0v) is 14.0. The van der Waals surface area contributed by atoms with Crippen LogP contribution in [0.25, 0.3) is 0 Å². The number of primary amides is 1. The third-order valence-corrected chi connectivity index (χ3v) is 3.31. The molecule has 0 aliphatic rings. The molecule has 1 atom stereocenters. The number of carbonyl (C=O) groups is 2. The summed E-state index contributed by atoms with van der Waals surface area (Å²) in [6.07, 6.45) is 0.478.